The Balaban J connectivity index is 0.00000162. The summed E-state index contributed by atoms with van der Waals surface area (Å²) in [6.07, 6.45) is 0.761. The summed E-state index contributed by atoms with van der Waals surface area (Å²) in [7, 11) is 0. The van der Waals surface area contributed by atoms with Crippen molar-refractivity contribution in [2.24, 2.45) is 5.41 Å². The first kappa shape index (κ1) is 15.3. The van der Waals surface area contributed by atoms with Crippen molar-refractivity contribution in [1.82, 2.24) is 5.32 Å². The van der Waals surface area contributed by atoms with Gasteiger partial charge in [-0.1, -0.05) is 26.0 Å². The second kappa shape index (κ2) is 5.47. The van der Waals surface area contributed by atoms with Crippen LogP contribution in [0.25, 0.3) is 0 Å². The molecule has 1 aromatic rings. The monoisotopic (exact) mass is 271 g/mol. The second-order valence-corrected chi connectivity index (χ2v) is 5.88. The van der Waals surface area contributed by atoms with Gasteiger partial charge in [0, 0.05) is 18.4 Å². The van der Waals surface area contributed by atoms with E-state index in [9.17, 15) is 5.11 Å². The lowest BCUT2D eigenvalue weighted by atomic mass is 9.90. The third kappa shape index (κ3) is 3.87. The molecule has 0 radical (unpaired) electrons. The van der Waals surface area contributed by atoms with Crippen molar-refractivity contribution in [3.8, 4) is 5.75 Å². The quantitative estimate of drug-likeness (QED) is 0.869. The maximum atomic E-state index is 9.45. The summed E-state index contributed by atoms with van der Waals surface area (Å²) in [5, 5.41) is 12.9. The Labute approximate surface area is 115 Å². The summed E-state index contributed by atoms with van der Waals surface area (Å²) in [5.41, 5.74) is 0.946. The Hall–Kier alpha value is -0.770. The number of hydrogen-bond donors (Lipinski definition) is 2. The Bertz CT molecular complexity index is 397. The minimum Gasteiger partial charge on any atom is -0.508 e. The second-order valence-electron chi connectivity index (χ2n) is 5.88. The van der Waals surface area contributed by atoms with Crippen molar-refractivity contribution in [3.05, 3.63) is 29.8 Å². The van der Waals surface area contributed by atoms with Crippen LogP contribution in [0.3, 0.4) is 0 Å². The largest absolute Gasteiger partial charge is 0.508 e. The number of phenols is 1. The smallest absolute Gasteiger partial charge is 0.120 e. The standard InChI is InChI=1S/C14H21NO2.ClH/c1-13(2)9-15-14(3,17-10-13)8-11-5-4-6-12(16)7-11;/h4-7,15-16H,8-10H2,1-3H3;1H. The van der Waals surface area contributed by atoms with E-state index in [0.717, 1.165) is 25.1 Å². The number of rotatable bonds is 2. The maximum Gasteiger partial charge on any atom is 0.120 e. The van der Waals surface area contributed by atoms with Crippen LogP contribution >= 0.6 is 12.4 Å². The van der Waals surface area contributed by atoms with Crippen molar-refractivity contribution in [2.75, 3.05) is 13.2 Å². The van der Waals surface area contributed by atoms with Gasteiger partial charge in [0.1, 0.15) is 11.5 Å². The Morgan fingerprint density at radius 2 is 2.06 bits per heavy atom. The number of nitrogens with one attached hydrogen (secondary N) is 1. The topological polar surface area (TPSA) is 41.5 Å². The van der Waals surface area contributed by atoms with E-state index in [1.807, 2.05) is 12.1 Å². The van der Waals surface area contributed by atoms with Crippen molar-refractivity contribution in [3.63, 3.8) is 0 Å². The molecule has 1 saturated heterocycles. The molecule has 0 aliphatic carbocycles. The van der Waals surface area contributed by atoms with E-state index in [0.29, 0.717) is 5.75 Å². The molecule has 0 saturated carbocycles. The lowest BCUT2D eigenvalue weighted by molar-refractivity contribution is -0.125. The fourth-order valence-electron chi connectivity index (χ4n) is 2.05. The van der Waals surface area contributed by atoms with Crippen molar-refractivity contribution >= 4 is 12.4 Å². The zero-order valence-electron chi connectivity index (χ0n) is 11.2. The molecule has 1 atom stereocenters. The molecule has 1 unspecified atom stereocenters. The van der Waals surface area contributed by atoms with Crippen LogP contribution < -0.4 is 5.32 Å². The van der Waals surface area contributed by atoms with Gasteiger partial charge < -0.3 is 9.84 Å². The average Bonchev–Trinajstić information content (AvgIpc) is 2.24. The zero-order valence-corrected chi connectivity index (χ0v) is 12.0. The molecule has 0 spiro atoms. The molecule has 0 bridgehead atoms. The van der Waals surface area contributed by atoms with E-state index in [1.54, 1.807) is 12.1 Å². The number of ether oxygens (including phenoxy) is 1. The maximum absolute atomic E-state index is 9.45. The molecule has 0 amide bonds. The number of halogens is 1. The van der Waals surface area contributed by atoms with Gasteiger partial charge in [-0.25, -0.2) is 0 Å². The summed E-state index contributed by atoms with van der Waals surface area (Å²) >= 11 is 0. The number of hydrogen-bond acceptors (Lipinski definition) is 3. The van der Waals surface area contributed by atoms with Crippen LogP contribution in [0.1, 0.15) is 26.3 Å². The molecule has 2 rings (SSSR count). The molecule has 2 N–H and O–H groups in total. The highest BCUT2D eigenvalue weighted by Crippen LogP contribution is 2.27. The van der Waals surface area contributed by atoms with Crippen LogP contribution in [-0.4, -0.2) is 24.0 Å². The fourth-order valence-corrected chi connectivity index (χ4v) is 2.05. The molecule has 3 nitrogen and oxygen atoms in total. The van der Waals surface area contributed by atoms with Crippen LogP contribution in [0.15, 0.2) is 24.3 Å². The highest BCUT2D eigenvalue weighted by molar-refractivity contribution is 5.85. The van der Waals surface area contributed by atoms with Crippen molar-refractivity contribution in [1.29, 1.82) is 0 Å². The van der Waals surface area contributed by atoms with Gasteiger partial charge in [0.2, 0.25) is 0 Å². The Morgan fingerprint density at radius 3 is 2.61 bits per heavy atom. The molecular weight excluding hydrogens is 250 g/mol. The molecule has 1 aromatic carbocycles. The molecule has 1 fully saturated rings. The lowest BCUT2D eigenvalue weighted by Gasteiger charge is -2.42. The van der Waals surface area contributed by atoms with Gasteiger partial charge in [-0.05, 0) is 24.6 Å². The summed E-state index contributed by atoms with van der Waals surface area (Å²) in [6, 6.07) is 7.34. The first-order valence-electron chi connectivity index (χ1n) is 6.06. The predicted octanol–water partition coefficient (Wildman–Crippen LogP) is 2.72. The van der Waals surface area contributed by atoms with Gasteiger partial charge in [0.25, 0.3) is 0 Å². The highest BCUT2D eigenvalue weighted by atomic mass is 35.5. The van der Waals surface area contributed by atoms with E-state index in [2.05, 4.69) is 26.1 Å². The van der Waals surface area contributed by atoms with Crippen LogP contribution in [-0.2, 0) is 11.2 Å². The van der Waals surface area contributed by atoms with Gasteiger partial charge in [0.15, 0.2) is 0 Å². The molecule has 18 heavy (non-hydrogen) atoms. The van der Waals surface area contributed by atoms with Crippen LogP contribution in [0, 0.1) is 5.41 Å². The first-order chi connectivity index (χ1) is 7.89. The SMILES string of the molecule is CC1(C)CNC(C)(Cc2cccc(O)c2)OC1.Cl. The van der Waals surface area contributed by atoms with Crippen molar-refractivity contribution in [2.45, 2.75) is 32.9 Å². The van der Waals surface area contributed by atoms with Crippen molar-refractivity contribution < 1.29 is 9.84 Å². The summed E-state index contributed by atoms with van der Waals surface area (Å²) in [4.78, 5) is 0. The van der Waals surface area contributed by atoms with Crippen LogP contribution in [0.2, 0.25) is 0 Å². The Kier molecular flexibility index (Phi) is 4.65. The molecule has 0 aromatic heterocycles. The van der Waals surface area contributed by atoms with Gasteiger partial charge >= 0.3 is 0 Å². The number of phenolic OH excluding ortho intramolecular Hbond substituents is 1. The average molecular weight is 272 g/mol. The van der Waals surface area contributed by atoms with Gasteiger partial charge in [-0.3, -0.25) is 5.32 Å². The molecular formula is C14H22ClNO2. The summed E-state index contributed by atoms with van der Waals surface area (Å²) < 4.78 is 5.93. The third-order valence-electron chi connectivity index (χ3n) is 3.17. The van der Waals surface area contributed by atoms with Gasteiger partial charge in [0.05, 0.1) is 6.61 Å². The number of aromatic hydroxyl groups is 1. The van der Waals surface area contributed by atoms with Gasteiger partial charge in [-0.2, -0.15) is 0 Å². The summed E-state index contributed by atoms with van der Waals surface area (Å²) in [6.45, 7) is 8.14. The number of benzene rings is 1. The molecule has 1 aliphatic rings. The third-order valence-corrected chi connectivity index (χ3v) is 3.17. The highest BCUT2D eigenvalue weighted by Gasteiger charge is 2.35. The van der Waals surface area contributed by atoms with E-state index < -0.39 is 0 Å². The van der Waals surface area contributed by atoms with E-state index in [-0.39, 0.29) is 23.5 Å². The summed E-state index contributed by atoms with van der Waals surface area (Å²) in [5.74, 6) is 0.308. The first-order valence-corrected chi connectivity index (χ1v) is 6.06. The predicted molar refractivity (Wildman–Crippen MR) is 75.2 cm³/mol. The lowest BCUT2D eigenvalue weighted by Crippen LogP contribution is -2.56. The zero-order chi connectivity index (χ0) is 12.5. The normalized spacial score (nSPS) is 26.4. The van der Waals surface area contributed by atoms with Crippen LogP contribution in [0.4, 0.5) is 0 Å². The minimum absolute atomic E-state index is 0. The molecule has 1 aliphatic heterocycles. The molecule has 102 valence electrons. The van der Waals surface area contributed by atoms with Crippen LogP contribution in [0.5, 0.6) is 5.75 Å². The fraction of sp³-hybridized carbons (Fsp3) is 0.571. The molecule has 4 heteroatoms. The van der Waals surface area contributed by atoms with E-state index in [4.69, 9.17) is 4.74 Å². The Morgan fingerprint density at radius 1 is 1.33 bits per heavy atom. The minimum atomic E-state index is -0.330. The molecule has 1 heterocycles. The van der Waals surface area contributed by atoms with E-state index >= 15 is 0 Å². The van der Waals surface area contributed by atoms with E-state index in [1.165, 1.54) is 0 Å². The van der Waals surface area contributed by atoms with Gasteiger partial charge in [-0.15, -0.1) is 12.4 Å².